The van der Waals surface area contributed by atoms with E-state index in [-0.39, 0.29) is 43.0 Å². The van der Waals surface area contributed by atoms with Crippen LogP contribution in [-0.2, 0) is 19.1 Å². The second-order valence-corrected chi connectivity index (χ2v) is 8.26. The van der Waals surface area contributed by atoms with E-state index in [1.807, 2.05) is 26.0 Å². The van der Waals surface area contributed by atoms with E-state index in [2.05, 4.69) is 12.2 Å². The SMILES string of the molecule is CCCC(C)NC(=O)[C@@H]1[C@H]2C=C[C@@H](CC)[C@@H](C(=O)OCC)[C@@H]2C(=O)N1[C@H](C)CO. The topological polar surface area (TPSA) is 95.9 Å². The van der Waals surface area contributed by atoms with E-state index in [1.165, 1.54) is 4.90 Å². The van der Waals surface area contributed by atoms with Crippen LogP contribution in [0.15, 0.2) is 12.2 Å². The molecule has 1 aliphatic carbocycles. The van der Waals surface area contributed by atoms with Crippen molar-refractivity contribution in [1.29, 1.82) is 0 Å². The van der Waals surface area contributed by atoms with Crippen molar-refractivity contribution in [2.24, 2.45) is 23.7 Å². The summed E-state index contributed by atoms with van der Waals surface area (Å²) in [7, 11) is 0. The van der Waals surface area contributed by atoms with Crippen molar-refractivity contribution < 1.29 is 24.2 Å². The number of ether oxygens (including phenoxy) is 1. The number of amides is 2. The van der Waals surface area contributed by atoms with Gasteiger partial charge < -0.3 is 20.1 Å². The highest BCUT2D eigenvalue weighted by Crippen LogP contribution is 2.45. The van der Waals surface area contributed by atoms with E-state index in [9.17, 15) is 19.5 Å². The molecule has 7 heteroatoms. The van der Waals surface area contributed by atoms with Gasteiger partial charge in [0.05, 0.1) is 31.1 Å². The molecule has 0 aromatic rings. The van der Waals surface area contributed by atoms with Crippen molar-refractivity contribution in [3.8, 4) is 0 Å². The molecule has 0 saturated carbocycles. The normalized spacial score (nSPS) is 30.6. The third-order valence-corrected chi connectivity index (χ3v) is 6.20. The average molecular weight is 409 g/mol. The number of aliphatic hydroxyl groups excluding tert-OH is 1. The Hall–Kier alpha value is -1.89. The van der Waals surface area contributed by atoms with Gasteiger partial charge in [0.1, 0.15) is 6.04 Å². The van der Waals surface area contributed by atoms with Gasteiger partial charge in [-0.15, -0.1) is 0 Å². The molecule has 0 aromatic carbocycles. The molecule has 2 N–H and O–H groups in total. The van der Waals surface area contributed by atoms with Crippen LogP contribution in [0.5, 0.6) is 0 Å². The summed E-state index contributed by atoms with van der Waals surface area (Å²) in [6, 6.07) is -1.26. The molecule has 1 heterocycles. The number of carbonyl (C=O) groups excluding carboxylic acids is 3. The van der Waals surface area contributed by atoms with Crippen molar-refractivity contribution in [2.45, 2.75) is 72.0 Å². The first-order chi connectivity index (χ1) is 13.8. The molecule has 7 nitrogen and oxygen atoms in total. The number of allylic oxidation sites excluding steroid dienone is 1. The minimum absolute atomic E-state index is 0.00949. The summed E-state index contributed by atoms with van der Waals surface area (Å²) in [5, 5.41) is 12.7. The summed E-state index contributed by atoms with van der Waals surface area (Å²) >= 11 is 0. The van der Waals surface area contributed by atoms with Gasteiger partial charge in [0, 0.05) is 12.0 Å². The monoisotopic (exact) mass is 408 g/mol. The maximum Gasteiger partial charge on any atom is 0.310 e. The number of hydrogen-bond acceptors (Lipinski definition) is 5. The van der Waals surface area contributed by atoms with Crippen LogP contribution in [0.25, 0.3) is 0 Å². The number of aliphatic hydroxyl groups is 1. The summed E-state index contributed by atoms with van der Waals surface area (Å²) < 4.78 is 5.29. The number of nitrogens with zero attached hydrogens (tertiary/aromatic N) is 1. The molecule has 2 aliphatic rings. The second kappa shape index (κ2) is 10.2. The first kappa shape index (κ1) is 23.4. The molecular weight excluding hydrogens is 372 g/mol. The smallest absolute Gasteiger partial charge is 0.310 e. The zero-order valence-electron chi connectivity index (χ0n) is 18.3. The lowest BCUT2D eigenvalue weighted by atomic mass is 9.69. The van der Waals surface area contributed by atoms with Gasteiger partial charge in [-0.25, -0.2) is 0 Å². The summed E-state index contributed by atoms with van der Waals surface area (Å²) in [5.74, 6) is -2.63. The molecule has 0 aromatic heterocycles. The highest BCUT2D eigenvalue weighted by molar-refractivity contribution is 5.96. The number of carbonyl (C=O) groups is 3. The van der Waals surface area contributed by atoms with E-state index < -0.39 is 29.8 Å². The molecule has 7 atom stereocenters. The Balaban J connectivity index is 2.43. The third-order valence-electron chi connectivity index (χ3n) is 6.20. The van der Waals surface area contributed by atoms with Crippen LogP contribution < -0.4 is 5.32 Å². The maximum atomic E-state index is 13.4. The quantitative estimate of drug-likeness (QED) is 0.449. The molecule has 1 saturated heterocycles. The van der Waals surface area contributed by atoms with Gasteiger partial charge >= 0.3 is 5.97 Å². The van der Waals surface area contributed by atoms with Crippen molar-refractivity contribution in [3.05, 3.63) is 12.2 Å². The Morgan fingerprint density at radius 1 is 1.24 bits per heavy atom. The van der Waals surface area contributed by atoms with Crippen LogP contribution >= 0.6 is 0 Å². The van der Waals surface area contributed by atoms with E-state index in [4.69, 9.17) is 4.74 Å². The van der Waals surface area contributed by atoms with E-state index in [0.29, 0.717) is 6.42 Å². The third kappa shape index (κ3) is 4.65. The molecule has 2 rings (SSSR count). The fourth-order valence-electron chi connectivity index (χ4n) is 4.79. The van der Waals surface area contributed by atoms with Gasteiger partial charge in [0.15, 0.2) is 0 Å². The lowest BCUT2D eigenvalue weighted by molar-refractivity contribution is -0.156. The summed E-state index contributed by atoms with van der Waals surface area (Å²) in [5.41, 5.74) is 0. The first-order valence-electron chi connectivity index (χ1n) is 10.9. The van der Waals surface area contributed by atoms with E-state index in [1.54, 1.807) is 13.8 Å². The molecule has 29 heavy (non-hydrogen) atoms. The molecule has 1 aliphatic heterocycles. The number of likely N-dealkylation sites (tertiary alicyclic amines) is 1. The Morgan fingerprint density at radius 3 is 2.48 bits per heavy atom. The number of esters is 1. The number of hydrogen-bond donors (Lipinski definition) is 2. The van der Waals surface area contributed by atoms with Crippen molar-refractivity contribution in [1.82, 2.24) is 10.2 Å². The van der Waals surface area contributed by atoms with Gasteiger partial charge in [-0.3, -0.25) is 14.4 Å². The molecule has 2 amide bonds. The number of nitrogens with one attached hydrogen (secondary N) is 1. The largest absolute Gasteiger partial charge is 0.466 e. The summed E-state index contributed by atoms with van der Waals surface area (Å²) in [4.78, 5) is 40.9. The number of rotatable bonds is 9. The predicted octanol–water partition coefficient (Wildman–Crippen LogP) is 1.89. The zero-order chi connectivity index (χ0) is 21.7. The molecule has 0 bridgehead atoms. The zero-order valence-corrected chi connectivity index (χ0v) is 18.3. The van der Waals surface area contributed by atoms with Crippen LogP contribution in [0.4, 0.5) is 0 Å². The van der Waals surface area contributed by atoms with Gasteiger partial charge in [-0.05, 0) is 39.5 Å². The molecular formula is C22H36N2O5. The highest BCUT2D eigenvalue weighted by Gasteiger charge is 2.58. The lowest BCUT2D eigenvalue weighted by Crippen LogP contribution is -2.52. The van der Waals surface area contributed by atoms with Crippen LogP contribution in [0, 0.1) is 23.7 Å². The molecule has 0 radical (unpaired) electrons. The van der Waals surface area contributed by atoms with Crippen molar-refractivity contribution in [2.75, 3.05) is 13.2 Å². The minimum Gasteiger partial charge on any atom is -0.466 e. The Kier molecular flexibility index (Phi) is 8.25. The van der Waals surface area contributed by atoms with E-state index >= 15 is 0 Å². The van der Waals surface area contributed by atoms with Crippen LogP contribution in [0.3, 0.4) is 0 Å². The fraction of sp³-hybridized carbons (Fsp3) is 0.773. The van der Waals surface area contributed by atoms with Gasteiger partial charge in [-0.2, -0.15) is 0 Å². The highest BCUT2D eigenvalue weighted by atomic mass is 16.5. The van der Waals surface area contributed by atoms with Gasteiger partial charge in [0.25, 0.3) is 0 Å². The molecule has 0 spiro atoms. The Morgan fingerprint density at radius 2 is 1.93 bits per heavy atom. The van der Waals surface area contributed by atoms with Crippen LogP contribution in [0.2, 0.25) is 0 Å². The summed E-state index contributed by atoms with van der Waals surface area (Å²) in [6.45, 7) is 9.45. The predicted molar refractivity (Wildman–Crippen MR) is 110 cm³/mol. The molecule has 1 unspecified atom stereocenters. The van der Waals surface area contributed by atoms with Crippen LogP contribution in [0.1, 0.15) is 53.9 Å². The fourth-order valence-corrected chi connectivity index (χ4v) is 4.79. The van der Waals surface area contributed by atoms with Gasteiger partial charge in [-0.1, -0.05) is 32.4 Å². The molecule has 164 valence electrons. The first-order valence-corrected chi connectivity index (χ1v) is 10.9. The lowest BCUT2D eigenvalue weighted by Gasteiger charge is -2.34. The van der Waals surface area contributed by atoms with Crippen molar-refractivity contribution >= 4 is 17.8 Å². The van der Waals surface area contributed by atoms with Crippen LogP contribution in [-0.4, -0.2) is 59.1 Å². The number of fused-ring (bicyclic) bond motifs is 1. The standard InChI is InChI=1S/C22H36N2O5/c1-6-9-13(4)23-20(26)19-16-11-10-15(7-2)17(22(28)29-8-3)18(16)21(27)24(19)14(5)12-25/h10-11,13-19,25H,6-9,12H2,1-5H3,(H,23,26)/t13?,14-,15-,16+,17-,18-,19+/m1/s1. The molecule has 1 fully saturated rings. The minimum atomic E-state index is -0.736. The Bertz CT molecular complexity index is 635. The average Bonchev–Trinajstić information content (AvgIpc) is 2.99. The van der Waals surface area contributed by atoms with E-state index in [0.717, 1.165) is 12.8 Å². The van der Waals surface area contributed by atoms with Gasteiger partial charge in [0.2, 0.25) is 11.8 Å². The van der Waals surface area contributed by atoms with Crippen molar-refractivity contribution in [3.63, 3.8) is 0 Å². The summed E-state index contributed by atoms with van der Waals surface area (Å²) in [6.07, 6.45) is 6.37. The second-order valence-electron chi connectivity index (χ2n) is 8.26. The Labute approximate surface area is 173 Å². The maximum absolute atomic E-state index is 13.4.